The number of hydrogen-bond acceptors (Lipinski definition) is 6. The molecule has 0 unspecified atom stereocenters. The molecule has 19 heavy (non-hydrogen) atoms. The van der Waals surface area contributed by atoms with E-state index in [1.807, 2.05) is 0 Å². The molecule has 1 aromatic carbocycles. The Morgan fingerprint density at radius 2 is 1.84 bits per heavy atom. The zero-order valence-electron chi connectivity index (χ0n) is 10.0. The second kappa shape index (κ2) is 6.51. The van der Waals surface area contributed by atoms with Crippen molar-refractivity contribution in [2.45, 2.75) is 0 Å². The fourth-order valence-corrected chi connectivity index (χ4v) is 1.64. The molecule has 0 N–H and O–H groups in total. The topological polar surface area (TPSA) is 65.1 Å². The van der Waals surface area contributed by atoms with E-state index in [1.54, 1.807) is 18.2 Å². The molecule has 0 saturated carbocycles. The van der Waals surface area contributed by atoms with Crippen LogP contribution in [-0.4, -0.2) is 43.3 Å². The van der Waals surface area contributed by atoms with Gasteiger partial charge in [-0.1, -0.05) is 23.7 Å². The second-order valence-electron chi connectivity index (χ2n) is 3.74. The first-order valence-electron chi connectivity index (χ1n) is 5.68. The maximum absolute atomic E-state index is 11.5. The van der Waals surface area contributed by atoms with E-state index in [9.17, 15) is 9.59 Å². The Hall–Kier alpha value is -1.63. The minimum Gasteiger partial charge on any atom is -0.416 e. The number of esters is 1. The van der Waals surface area contributed by atoms with Crippen LogP contribution >= 0.6 is 11.6 Å². The summed E-state index contributed by atoms with van der Waals surface area (Å²) in [4.78, 5) is 27.9. The highest BCUT2D eigenvalue weighted by molar-refractivity contribution is 6.33. The van der Waals surface area contributed by atoms with Crippen molar-refractivity contribution in [3.63, 3.8) is 0 Å². The Morgan fingerprint density at radius 1 is 1.16 bits per heavy atom. The molecule has 0 atom stereocenters. The smallest absolute Gasteiger partial charge is 0.416 e. The Labute approximate surface area is 114 Å². The zero-order valence-corrected chi connectivity index (χ0v) is 10.8. The van der Waals surface area contributed by atoms with Gasteiger partial charge in [0.25, 0.3) is 0 Å². The molecule has 1 heterocycles. The van der Waals surface area contributed by atoms with Gasteiger partial charge in [-0.2, -0.15) is 0 Å². The second-order valence-corrected chi connectivity index (χ2v) is 4.15. The first kappa shape index (κ1) is 13.8. The summed E-state index contributed by atoms with van der Waals surface area (Å²) >= 11 is 5.81. The van der Waals surface area contributed by atoms with Gasteiger partial charge in [0.05, 0.1) is 31.3 Å². The monoisotopic (exact) mass is 285 g/mol. The summed E-state index contributed by atoms with van der Waals surface area (Å²) in [6.07, 6.45) is 0. The van der Waals surface area contributed by atoms with E-state index < -0.39 is 11.9 Å². The normalized spacial score (nSPS) is 15.8. The summed E-state index contributed by atoms with van der Waals surface area (Å²) in [6, 6.07) is 6.37. The standard InChI is InChI=1S/C12H12ClNO5/c13-9-3-1-2-4-10(9)18-11(15)12(16)19-14-5-7-17-8-6-14/h1-4H,5-8H2. The molecule has 0 amide bonds. The fraction of sp³-hybridized carbons (Fsp3) is 0.333. The fourth-order valence-electron chi connectivity index (χ4n) is 1.46. The van der Waals surface area contributed by atoms with Gasteiger partial charge >= 0.3 is 11.9 Å². The van der Waals surface area contributed by atoms with Crippen molar-refractivity contribution in [2.24, 2.45) is 0 Å². The van der Waals surface area contributed by atoms with Crippen LogP contribution in [0.5, 0.6) is 5.75 Å². The maximum Gasteiger partial charge on any atom is 0.436 e. The van der Waals surface area contributed by atoms with Crippen molar-refractivity contribution in [2.75, 3.05) is 26.3 Å². The quantitative estimate of drug-likeness (QED) is 0.459. The van der Waals surface area contributed by atoms with Crippen molar-refractivity contribution in [1.82, 2.24) is 5.06 Å². The molecule has 1 aromatic rings. The van der Waals surface area contributed by atoms with E-state index in [4.69, 9.17) is 25.9 Å². The molecule has 0 radical (unpaired) electrons. The lowest BCUT2D eigenvalue weighted by Gasteiger charge is -2.24. The first-order chi connectivity index (χ1) is 9.16. The number of carbonyl (C=O) groups is 2. The molecule has 1 aliphatic heterocycles. The summed E-state index contributed by atoms with van der Waals surface area (Å²) in [5, 5.41) is 1.61. The van der Waals surface area contributed by atoms with Gasteiger partial charge in [0.2, 0.25) is 0 Å². The van der Waals surface area contributed by atoms with Crippen molar-refractivity contribution < 1.29 is 23.9 Å². The third-order valence-corrected chi connectivity index (χ3v) is 2.70. The number of morpholine rings is 1. The van der Waals surface area contributed by atoms with Gasteiger partial charge in [-0.3, -0.25) is 0 Å². The SMILES string of the molecule is O=C(Oc1ccccc1Cl)C(=O)ON1CCOCC1. The summed E-state index contributed by atoms with van der Waals surface area (Å²) in [7, 11) is 0. The molecule has 1 aliphatic rings. The summed E-state index contributed by atoms with van der Waals surface area (Å²) in [5.74, 6) is -2.07. The molecule has 0 aliphatic carbocycles. The molecule has 0 bridgehead atoms. The summed E-state index contributed by atoms with van der Waals surface area (Å²) in [5.41, 5.74) is 0. The molecule has 0 aromatic heterocycles. The number of carbonyl (C=O) groups excluding carboxylic acids is 2. The van der Waals surface area contributed by atoms with E-state index in [0.29, 0.717) is 26.3 Å². The number of ether oxygens (including phenoxy) is 2. The first-order valence-corrected chi connectivity index (χ1v) is 6.06. The minimum absolute atomic E-state index is 0.119. The number of benzene rings is 1. The largest absolute Gasteiger partial charge is 0.436 e. The third-order valence-electron chi connectivity index (χ3n) is 2.39. The van der Waals surface area contributed by atoms with Gasteiger partial charge in [0.1, 0.15) is 5.75 Å². The van der Waals surface area contributed by atoms with Crippen LogP contribution in [0.3, 0.4) is 0 Å². The zero-order chi connectivity index (χ0) is 13.7. The Balaban J connectivity index is 1.89. The molecule has 1 saturated heterocycles. The molecular formula is C12H12ClNO5. The van der Waals surface area contributed by atoms with Gasteiger partial charge in [-0.25, -0.2) is 9.59 Å². The molecule has 2 rings (SSSR count). The number of rotatable bonds is 2. The lowest BCUT2D eigenvalue weighted by atomic mass is 10.3. The van der Waals surface area contributed by atoms with Gasteiger partial charge in [0, 0.05) is 0 Å². The van der Waals surface area contributed by atoms with E-state index in [0.717, 1.165) is 0 Å². The van der Waals surface area contributed by atoms with Gasteiger partial charge in [0.15, 0.2) is 0 Å². The summed E-state index contributed by atoms with van der Waals surface area (Å²) < 4.78 is 9.93. The molecule has 1 fully saturated rings. The third kappa shape index (κ3) is 3.92. The number of halogens is 1. The average Bonchev–Trinajstić information content (AvgIpc) is 2.42. The Kier molecular flexibility index (Phi) is 4.73. The average molecular weight is 286 g/mol. The number of hydrogen-bond donors (Lipinski definition) is 0. The van der Waals surface area contributed by atoms with Crippen LogP contribution in [0.15, 0.2) is 24.3 Å². The van der Waals surface area contributed by atoms with Crippen LogP contribution in [0.1, 0.15) is 0 Å². The molecular weight excluding hydrogens is 274 g/mol. The van der Waals surface area contributed by atoms with Gasteiger partial charge in [-0.15, -0.1) is 5.06 Å². The van der Waals surface area contributed by atoms with E-state index in [1.165, 1.54) is 11.1 Å². The van der Waals surface area contributed by atoms with Crippen LogP contribution in [0.25, 0.3) is 0 Å². The lowest BCUT2D eigenvalue weighted by Crippen LogP contribution is -2.40. The lowest BCUT2D eigenvalue weighted by molar-refractivity contribution is -0.209. The van der Waals surface area contributed by atoms with Crippen LogP contribution in [0.4, 0.5) is 0 Å². The van der Waals surface area contributed by atoms with Gasteiger partial charge < -0.3 is 14.3 Å². The molecule has 6 nitrogen and oxygen atoms in total. The van der Waals surface area contributed by atoms with E-state index in [2.05, 4.69) is 0 Å². The Morgan fingerprint density at radius 3 is 2.53 bits per heavy atom. The predicted molar refractivity (Wildman–Crippen MR) is 65.6 cm³/mol. The van der Waals surface area contributed by atoms with E-state index in [-0.39, 0.29) is 10.8 Å². The summed E-state index contributed by atoms with van der Waals surface area (Å²) in [6.45, 7) is 1.75. The molecule has 0 spiro atoms. The van der Waals surface area contributed by atoms with Gasteiger partial charge in [-0.05, 0) is 12.1 Å². The highest BCUT2D eigenvalue weighted by Gasteiger charge is 2.24. The number of para-hydroxylation sites is 1. The maximum atomic E-state index is 11.5. The predicted octanol–water partition coefficient (Wildman–Crippen LogP) is 1.04. The molecule has 7 heteroatoms. The van der Waals surface area contributed by atoms with Crippen molar-refractivity contribution in [3.8, 4) is 5.75 Å². The van der Waals surface area contributed by atoms with Crippen LogP contribution < -0.4 is 4.74 Å². The minimum atomic E-state index is -1.11. The highest BCUT2D eigenvalue weighted by Crippen LogP contribution is 2.23. The van der Waals surface area contributed by atoms with Crippen molar-refractivity contribution >= 4 is 23.5 Å². The number of nitrogens with zero attached hydrogens (tertiary/aromatic N) is 1. The van der Waals surface area contributed by atoms with E-state index >= 15 is 0 Å². The van der Waals surface area contributed by atoms with Crippen molar-refractivity contribution in [3.05, 3.63) is 29.3 Å². The Bertz CT molecular complexity index is 473. The van der Waals surface area contributed by atoms with Crippen LogP contribution in [0.2, 0.25) is 5.02 Å². The molecule has 102 valence electrons. The number of hydroxylamine groups is 2. The van der Waals surface area contributed by atoms with Crippen LogP contribution in [-0.2, 0) is 19.2 Å². The highest BCUT2D eigenvalue weighted by atomic mass is 35.5. The van der Waals surface area contributed by atoms with Crippen molar-refractivity contribution in [1.29, 1.82) is 0 Å². The van der Waals surface area contributed by atoms with Crippen LogP contribution in [0, 0.1) is 0 Å².